The lowest BCUT2D eigenvalue weighted by Crippen LogP contribution is -2.32. The van der Waals surface area contributed by atoms with Gasteiger partial charge in [0.05, 0.1) is 32.3 Å². The molecule has 4 heterocycles. The van der Waals surface area contributed by atoms with Crippen LogP contribution in [-0.4, -0.2) is 31.2 Å². The Kier molecular flexibility index (Phi) is 3.91. The summed E-state index contributed by atoms with van der Waals surface area (Å²) in [5.41, 5.74) is 4.85. The molecule has 0 aliphatic carbocycles. The van der Waals surface area contributed by atoms with Gasteiger partial charge in [0.15, 0.2) is 0 Å². The van der Waals surface area contributed by atoms with Gasteiger partial charge >= 0.3 is 0 Å². The number of nitrogens with zero attached hydrogens (tertiary/aromatic N) is 4. The Morgan fingerprint density at radius 1 is 1.26 bits per heavy atom. The fraction of sp³-hybridized carbons (Fsp3) is 0.250. The Morgan fingerprint density at radius 3 is 3.04 bits per heavy atom. The second kappa shape index (κ2) is 6.44. The van der Waals surface area contributed by atoms with Gasteiger partial charge < -0.3 is 0 Å². The van der Waals surface area contributed by atoms with E-state index in [0.717, 1.165) is 63.9 Å². The summed E-state index contributed by atoms with van der Waals surface area (Å²) in [4.78, 5) is 24.1. The van der Waals surface area contributed by atoms with E-state index >= 15 is 0 Å². The van der Waals surface area contributed by atoms with Crippen molar-refractivity contribution >= 4 is 21.6 Å². The molecular formula is C20H19N5OS. The predicted octanol–water partition coefficient (Wildman–Crippen LogP) is 3.04. The summed E-state index contributed by atoms with van der Waals surface area (Å²) in [7, 11) is 0. The lowest BCUT2D eigenvalue weighted by Gasteiger charge is -2.25. The molecule has 0 saturated heterocycles. The molecule has 0 unspecified atom stereocenters. The fourth-order valence-electron chi connectivity index (χ4n) is 3.68. The van der Waals surface area contributed by atoms with Crippen LogP contribution in [0.3, 0.4) is 0 Å². The maximum Gasteiger partial charge on any atom is 0.274 e. The summed E-state index contributed by atoms with van der Waals surface area (Å²) < 4.78 is 2.77. The second-order valence-corrected chi connectivity index (χ2v) is 8.11. The Hall–Kier alpha value is -2.77. The molecule has 1 aromatic carbocycles. The van der Waals surface area contributed by atoms with Gasteiger partial charge in [0, 0.05) is 31.4 Å². The number of fused-ring (bicyclic) bond motifs is 2. The highest BCUT2D eigenvalue weighted by atomic mass is 32.1. The number of thiazole rings is 1. The number of hydrogen-bond donors (Lipinski definition) is 1. The average molecular weight is 377 g/mol. The lowest BCUT2D eigenvalue weighted by atomic mass is 10.1. The highest BCUT2D eigenvalue weighted by Crippen LogP contribution is 2.24. The summed E-state index contributed by atoms with van der Waals surface area (Å²) in [5, 5.41) is 4.36. The zero-order valence-electron chi connectivity index (χ0n) is 15.0. The molecule has 1 N–H and O–H groups in total. The molecule has 1 aliphatic rings. The summed E-state index contributed by atoms with van der Waals surface area (Å²) in [5.74, 6) is 0. The molecule has 7 heteroatoms. The number of nitrogens with one attached hydrogen (secondary N) is 1. The molecule has 6 nitrogen and oxygen atoms in total. The van der Waals surface area contributed by atoms with E-state index in [1.807, 2.05) is 49.5 Å². The van der Waals surface area contributed by atoms with Crippen LogP contribution in [0.4, 0.5) is 0 Å². The molecule has 0 atom stereocenters. The predicted molar refractivity (Wildman–Crippen MR) is 106 cm³/mol. The number of H-pyrrole nitrogens is 1. The second-order valence-electron chi connectivity index (χ2n) is 6.88. The van der Waals surface area contributed by atoms with Gasteiger partial charge in [-0.05, 0) is 43.7 Å². The van der Waals surface area contributed by atoms with Gasteiger partial charge in [-0.3, -0.25) is 19.8 Å². The van der Waals surface area contributed by atoms with Gasteiger partial charge in [-0.2, -0.15) is 0 Å². The largest absolute Gasteiger partial charge is 0.293 e. The first kappa shape index (κ1) is 16.4. The number of hydrogen-bond acceptors (Lipinski definition) is 5. The fourth-order valence-corrected chi connectivity index (χ4v) is 4.54. The van der Waals surface area contributed by atoms with Gasteiger partial charge in [-0.15, -0.1) is 11.3 Å². The van der Waals surface area contributed by atoms with E-state index in [1.54, 1.807) is 16.0 Å². The monoisotopic (exact) mass is 377 g/mol. The van der Waals surface area contributed by atoms with Crippen LogP contribution in [0.2, 0.25) is 0 Å². The van der Waals surface area contributed by atoms with Crippen LogP contribution in [0.5, 0.6) is 0 Å². The van der Waals surface area contributed by atoms with E-state index in [9.17, 15) is 4.79 Å². The minimum absolute atomic E-state index is 0.0584. The van der Waals surface area contributed by atoms with Crippen LogP contribution < -0.4 is 5.56 Å². The van der Waals surface area contributed by atoms with E-state index in [1.165, 1.54) is 0 Å². The summed E-state index contributed by atoms with van der Waals surface area (Å²) in [6.07, 6.45) is 2.58. The SMILES string of the molecule is Cc1nc2ccc(-n3[nH]c4c(c3=O)CCN(Cc3ccccn3)C4)cc2s1. The Bertz CT molecular complexity index is 1170. The maximum absolute atomic E-state index is 12.9. The molecule has 0 bridgehead atoms. The molecular weight excluding hydrogens is 358 g/mol. The minimum atomic E-state index is 0.0584. The first-order chi connectivity index (χ1) is 13.2. The van der Waals surface area contributed by atoms with Crippen molar-refractivity contribution in [3.8, 4) is 5.69 Å². The summed E-state index contributed by atoms with van der Waals surface area (Å²) in [6, 6.07) is 11.9. The van der Waals surface area contributed by atoms with Gasteiger partial charge in [-0.25, -0.2) is 9.67 Å². The Morgan fingerprint density at radius 2 is 2.19 bits per heavy atom. The maximum atomic E-state index is 12.9. The first-order valence-corrected chi connectivity index (χ1v) is 9.81. The summed E-state index contributed by atoms with van der Waals surface area (Å²) >= 11 is 1.65. The number of pyridine rings is 1. The van der Waals surface area contributed by atoms with Crippen molar-refractivity contribution in [1.29, 1.82) is 0 Å². The first-order valence-electron chi connectivity index (χ1n) is 9.00. The molecule has 0 amide bonds. The molecule has 5 rings (SSSR count). The average Bonchev–Trinajstić information content (AvgIpc) is 3.21. The van der Waals surface area contributed by atoms with Crippen molar-refractivity contribution in [1.82, 2.24) is 24.6 Å². The molecule has 0 spiro atoms. The van der Waals surface area contributed by atoms with Crippen LogP contribution >= 0.6 is 11.3 Å². The molecule has 3 aromatic heterocycles. The summed E-state index contributed by atoms with van der Waals surface area (Å²) in [6.45, 7) is 4.39. The minimum Gasteiger partial charge on any atom is -0.293 e. The molecule has 27 heavy (non-hydrogen) atoms. The molecule has 136 valence electrons. The number of aromatic amines is 1. The third-order valence-corrected chi connectivity index (χ3v) is 5.91. The normalized spacial score (nSPS) is 14.6. The van der Waals surface area contributed by atoms with Crippen molar-refractivity contribution in [2.75, 3.05) is 6.54 Å². The molecule has 0 fully saturated rings. The van der Waals surface area contributed by atoms with Crippen molar-refractivity contribution < 1.29 is 0 Å². The van der Waals surface area contributed by atoms with Gasteiger partial charge in [-0.1, -0.05) is 6.07 Å². The molecule has 1 aliphatic heterocycles. The van der Waals surface area contributed by atoms with Crippen LogP contribution in [0, 0.1) is 6.92 Å². The van der Waals surface area contributed by atoms with Crippen molar-refractivity contribution in [2.45, 2.75) is 26.4 Å². The Labute approximate surface area is 160 Å². The van der Waals surface area contributed by atoms with Gasteiger partial charge in [0.25, 0.3) is 5.56 Å². The zero-order valence-corrected chi connectivity index (χ0v) is 15.8. The van der Waals surface area contributed by atoms with Crippen LogP contribution in [-0.2, 0) is 19.5 Å². The zero-order chi connectivity index (χ0) is 18.4. The highest BCUT2D eigenvalue weighted by molar-refractivity contribution is 7.18. The number of benzene rings is 1. The van der Waals surface area contributed by atoms with E-state index in [2.05, 4.69) is 20.0 Å². The van der Waals surface area contributed by atoms with E-state index in [4.69, 9.17) is 0 Å². The third kappa shape index (κ3) is 2.98. The molecule has 4 aromatic rings. The van der Waals surface area contributed by atoms with Gasteiger partial charge in [0.2, 0.25) is 0 Å². The highest BCUT2D eigenvalue weighted by Gasteiger charge is 2.23. The molecule has 0 saturated carbocycles. The van der Waals surface area contributed by atoms with E-state index < -0.39 is 0 Å². The van der Waals surface area contributed by atoms with Crippen molar-refractivity contribution in [3.05, 3.63) is 74.9 Å². The quantitative estimate of drug-likeness (QED) is 0.596. The number of aryl methyl sites for hydroxylation is 1. The third-order valence-electron chi connectivity index (χ3n) is 4.98. The topological polar surface area (TPSA) is 66.8 Å². The van der Waals surface area contributed by atoms with Crippen LogP contribution in [0.1, 0.15) is 22.0 Å². The van der Waals surface area contributed by atoms with Crippen LogP contribution in [0.15, 0.2) is 47.4 Å². The smallest absolute Gasteiger partial charge is 0.274 e. The molecule has 0 radical (unpaired) electrons. The Balaban J connectivity index is 1.46. The van der Waals surface area contributed by atoms with Crippen molar-refractivity contribution in [2.24, 2.45) is 0 Å². The van der Waals surface area contributed by atoms with Crippen LogP contribution in [0.25, 0.3) is 15.9 Å². The van der Waals surface area contributed by atoms with E-state index in [0.29, 0.717) is 0 Å². The standard InChI is InChI=1S/C20H19N5OS/c1-13-22-17-6-5-15(10-19(17)27-13)25-20(26)16-7-9-24(12-18(16)23-25)11-14-4-2-3-8-21-14/h2-6,8,10,23H,7,9,11-12H2,1H3. The lowest BCUT2D eigenvalue weighted by molar-refractivity contribution is 0.239. The van der Waals surface area contributed by atoms with Gasteiger partial charge in [0.1, 0.15) is 0 Å². The van der Waals surface area contributed by atoms with E-state index in [-0.39, 0.29) is 5.56 Å². The number of aromatic nitrogens is 4. The van der Waals surface area contributed by atoms with Crippen molar-refractivity contribution in [3.63, 3.8) is 0 Å². The number of rotatable bonds is 3.